The summed E-state index contributed by atoms with van der Waals surface area (Å²) in [6.45, 7) is 2.61. The lowest BCUT2D eigenvalue weighted by atomic mass is 9.94. The summed E-state index contributed by atoms with van der Waals surface area (Å²) in [6.07, 6.45) is 1.06. The molecule has 0 saturated carbocycles. The fourth-order valence-corrected chi connectivity index (χ4v) is 3.59. The van der Waals surface area contributed by atoms with Gasteiger partial charge in [-0.05, 0) is 49.8 Å². The first kappa shape index (κ1) is 16.2. The van der Waals surface area contributed by atoms with Crippen LogP contribution in [0.25, 0.3) is 10.9 Å². The van der Waals surface area contributed by atoms with Crippen LogP contribution in [0.15, 0.2) is 48.5 Å². The Morgan fingerprint density at radius 2 is 2.00 bits per heavy atom. The Kier molecular flexibility index (Phi) is 4.47. The number of likely N-dealkylation sites (N-methyl/N-ethyl adjacent to an activating group) is 1. The average Bonchev–Trinajstić information content (AvgIpc) is 3.00. The van der Waals surface area contributed by atoms with Crippen LogP contribution in [0.3, 0.4) is 0 Å². The molecule has 130 valence electrons. The Labute approximate surface area is 148 Å². The molecule has 1 aliphatic rings. The van der Waals surface area contributed by atoms with Gasteiger partial charge in [-0.15, -0.1) is 0 Å². The number of aromatic nitrogens is 1. The van der Waals surface area contributed by atoms with E-state index in [0.717, 1.165) is 25.3 Å². The van der Waals surface area contributed by atoms with Crippen molar-refractivity contribution in [2.24, 2.45) is 0 Å². The largest absolute Gasteiger partial charge is 0.492 e. The van der Waals surface area contributed by atoms with Crippen LogP contribution in [0, 0.1) is 0 Å². The lowest BCUT2D eigenvalue weighted by Crippen LogP contribution is -2.30. The molecule has 2 heterocycles. The van der Waals surface area contributed by atoms with Gasteiger partial charge < -0.3 is 19.9 Å². The molecular weight excluding hydrogens is 310 g/mol. The van der Waals surface area contributed by atoms with Crippen LogP contribution in [0.2, 0.25) is 0 Å². The van der Waals surface area contributed by atoms with E-state index < -0.39 is 0 Å². The van der Waals surface area contributed by atoms with Crippen molar-refractivity contribution in [3.05, 3.63) is 65.4 Å². The standard InChI is InChI=1S/C21H25N3O/c1-24(2)12-13-25-16-7-5-6-15(14-16)20-21-18(10-11-22-20)17-8-3-4-9-19(17)23-21/h3-9,14,20,22-23H,10-13H2,1-2H3. The molecule has 0 fully saturated rings. The zero-order valence-corrected chi connectivity index (χ0v) is 14.9. The summed E-state index contributed by atoms with van der Waals surface area (Å²) in [6, 6.07) is 17.2. The number of ether oxygens (including phenoxy) is 1. The van der Waals surface area contributed by atoms with E-state index in [9.17, 15) is 0 Å². The molecule has 25 heavy (non-hydrogen) atoms. The van der Waals surface area contributed by atoms with E-state index in [1.165, 1.54) is 27.7 Å². The molecule has 1 unspecified atom stereocenters. The zero-order chi connectivity index (χ0) is 17.2. The summed E-state index contributed by atoms with van der Waals surface area (Å²) in [5.74, 6) is 0.935. The molecule has 4 nitrogen and oxygen atoms in total. The normalized spacial score (nSPS) is 17.0. The van der Waals surface area contributed by atoms with Gasteiger partial charge in [0, 0.05) is 29.7 Å². The van der Waals surface area contributed by atoms with Gasteiger partial charge in [0.15, 0.2) is 0 Å². The third-order valence-electron chi connectivity index (χ3n) is 4.86. The number of para-hydroxylation sites is 1. The molecule has 1 atom stereocenters. The molecule has 3 aromatic rings. The zero-order valence-electron chi connectivity index (χ0n) is 14.9. The Balaban J connectivity index is 1.63. The number of hydrogen-bond acceptors (Lipinski definition) is 3. The SMILES string of the molecule is CN(C)CCOc1cccc(C2NCCc3c2[nH]c2ccccc32)c1. The molecule has 0 aliphatic carbocycles. The first-order valence-electron chi connectivity index (χ1n) is 8.93. The number of hydrogen-bond donors (Lipinski definition) is 2. The third kappa shape index (κ3) is 3.28. The Morgan fingerprint density at radius 1 is 1.12 bits per heavy atom. The molecule has 4 heteroatoms. The second kappa shape index (κ2) is 6.90. The Hall–Kier alpha value is -2.30. The van der Waals surface area contributed by atoms with Gasteiger partial charge in [0.1, 0.15) is 12.4 Å². The molecule has 0 spiro atoms. The number of aromatic amines is 1. The van der Waals surface area contributed by atoms with E-state index in [2.05, 4.69) is 71.8 Å². The van der Waals surface area contributed by atoms with Crippen molar-refractivity contribution >= 4 is 10.9 Å². The van der Waals surface area contributed by atoms with E-state index in [4.69, 9.17) is 4.74 Å². The van der Waals surface area contributed by atoms with Gasteiger partial charge in [-0.1, -0.05) is 30.3 Å². The molecule has 0 bridgehead atoms. The fraction of sp³-hybridized carbons (Fsp3) is 0.333. The predicted octanol–water partition coefficient (Wildman–Crippen LogP) is 3.34. The summed E-state index contributed by atoms with van der Waals surface area (Å²) in [7, 11) is 4.12. The molecule has 0 amide bonds. The van der Waals surface area contributed by atoms with Crippen molar-refractivity contribution in [2.45, 2.75) is 12.5 Å². The maximum Gasteiger partial charge on any atom is 0.119 e. The number of nitrogens with zero attached hydrogens (tertiary/aromatic N) is 1. The second-order valence-corrected chi connectivity index (χ2v) is 6.92. The number of nitrogens with one attached hydrogen (secondary N) is 2. The smallest absolute Gasteiger partial charge is 0.119 e. The van der Waals surface area contributed by atoms with Gasteiger partial charge in [-0.2, -0.15) is 0 Å². The number of H-pyrrole nitrogens is 1. The predicted molar refractivity (Wildman–Crippen MR) is 102 cm³/mol. The summed E-state index contributed by atoms with van der Waals surface area (Å²) < 4.78 is 5.92. The van der Waals surface area contributed by atoms with Gasteiger partial charge in [-0.25, -0.2) is 0 Å². The van der Waals surface area contributed by atoms with Crippen LogP contribution >= 0.6 is 0 Å². The summed E-state index contributed by atoms with van der Waals surface area (Å²) in [5.41, 5.74) is 5.20. The van der Waals surface area contributed by atoms with E-state index in [1.54, 1.807) is 0 Å². The van der Waals surface area contributed by atoms with Crippen molar-refractivity contribution in [3.8, 4) is 5.75 Å². The van der Waals surface area contributed by atoms with E-state index in [-0.39, 0.29) is 6.04 Å². The van der Waals surface area contributed by atoms with Crippen molar-refractivity contribution < 1.29 is 4.74 Å². The van der Waals surface area contributed by atoms with Crippen LogP contribution < -0.4 is 10.1 Å². The summed E-state index contributed by atoms with van der Waals surface area (Å²) >= 11 is 0. The molecule has 0 saturated heterocycles. The molecule has 1 aliphatic heterocycles. The molecule has 0 radical (unpaired) electrons. The number of rotatable bonds is 5. The average molecular weight is 335 g/mol. The molecule has 1 aromatic heterocycles. The minimum absolute atomic E-state index is 0.188. The highest BCUT2D eigenvalue weighted by Gasteiger charge is 2.25. The maximum absolute atomic E-state index is 5.92. The lowest BCUT2D eigenvalue weighted by Gasteiger charge is -2.25. The molecule has 2 N–H and O–H groups in total. The topological polar surface area (TPSA) is 40.3 Å². The van der Waals surface area contributed by atoms with Gasteiger partial charge in [0.2, 0.25) is 0 Å². The lowest BCUT2D eigenvalue weighted by molar-refractivity contribution is 0.261. The van der Waals surface area contributed by atoms with Crippen molar-refractivity contribution in [3.63, 3.8) is 0 Å². The molecule has 4 rings (SSSR count). The first-order valence-corrected chi connectivity index (χ1v) is 8.93. The highest BCUT2D eigenvalue weighted by molar-refractivity contribution is 5.85. The Morgan fingerprint density at radius 3 is 2.88 bits per heavy atom. The fourth-order valence-electron chi connectivity index (χ4n) is 3.59. The quantitative estimate of drug-likeness (QED) is 0.751. The summed E-state index contributed by atoms with van der Waals surface area (Å²) in [4.78, 5) is 5.76. The van der Waals surface area contributed by atoms with Crippen molar-refractivity contribution in [1.29, 1.82) is 0 Å². The van der Waals surface area contributed by atoms with Crippen molar-refractivity contribution in [1.82, 2.24) is 15.2 Å². The van der Waals surface area contributed by atoms with Crippen LogP contribution in [0.5, 0.6) is 5.75 Å². The molecular formula is C21H25N3O. The number of benzene rings is 2. The minimum atomic E-state index is 0.188. The Bertz CT molecular complexity index is 868. The van der Waals surface area contributed by atoms with Crippen LogP contribution in [-0.2, 0) is 6.42 Å². The van der Waals surface area contributed by atoms with Gasteiger partial charge in [0.25, 0.3) is 0 Å². The second-order valence-electron chi connectivity index (χ2n) is 6.92. The van der Waals surface area contributed by atoms with Gasteiger partial charge in [-0.3, -0.25) is 0 Å². The van der Waals surface area contributed by atoms with Crippen molar-refractivity contribution in [2.75, 3.05) is 33.8 Å². The number of fused-ring (bicyclic) bond motifs is 3. The van der Waals surface area contributed by atoms with E-state index in [0.29, 0.717) is 6.61 Å². The van der Waals surface area contributed by atoms with Crippen LogP contribution in [0.4, 0.5) is 0 Å². The monoisotopic (exact) mass is 335 g/mol. The van der Waals surface area contributed by atoms with Crippen LogP contribution in [-0.4, -0.2) is 43.7 Å². The van der Waals surface area contributed by atoms with E-state index in [1.807, 2.05) is 6.07 Å². The first-order chi connectivity index (χ1) is 12.2. The van der Waals surface area contributed by atoms with Gasteiger partial charge in [0.05, 0.1) is 6.04 Å². The third-order valence-corrected chi connectivity index (χ3v) is 4.86. The van der Waals surface area contributed by atoms with Crippen LogP contribution in [0.1, 0.15) is 22.9 Å². The summed E-state index contributed by atoms with van der Waals surface area (Å²) in [5, 5.41) is 5.01. The van der Waals surface area contributed by atoms with Gasteiger partial charge >= 0.3 is 0 Å². The maximum atomic E-state index is 5.92. The minimum Gasteiger partial charge on any atom is -0.492 e. The van der Waals surface area contributed by atoms with E-state index >= 15 is 0 Å². The highest BCUT2D eigenvalue weighted by atomic mass is 16.5. The molecule has 2 aromatic carbocycles. The highest BCUT2D eigenvalue weighted by Crippen LogP contribution is 2.34.